The number of nitrogens with zero attached hydrogens (tertiary/aromatic N) is 1. The Labute approximate surface area is 332 Å². The molecule has 0 rings (SSSR count). The van der Waals surface area contributed by atoms with Crippen molar-refractivity contribution in [1.82, 2.24) is 4.90 Å². The van der Waals surface area contributed by atoms with Crippen LogP contribution in [0.25, 0.3) is 0 Å². The molecule has 0 bridgehead atoms. The second-order valence-electron chi connectivity index (χ2n) is 21.0. The molecule has 0 N–H and O–H groups in total. The third-order valence-electron chi connectivity index (χ3n) is 6.66. The van der Waals surface area contributed by atoms with Crippen LogP contribution in [0.3, 0.4) is 0 Å². The first-order valence-electron chi connectivity index (χ1n) is 19.0. The molecule has 0 aliphatic carbocycles. The van der Waals surface area contributed by atoms with Crippen molar-refractivity contribution in [1.29, 1.82) is 0 Å². The van der Waals surface area contributed by atoms with E-state index >= 15 is 0 Å². The summed E-state index contributed by atoms with van der Waals surface area (Å²) in [6.45, 7) is 52.4. The summed E-state index contributed by atoms with van der Waals surface area (Å²) in [5.41, 5.74) is 2.28. The van der Waals surface area contributed by atoms with E-state index in [4.69, 9.17) is 33.5 Å². The Bertz CT molecular complexity index is 1030. The number of likely N-dealkylation sites (N-methyl/N-ethyl adjacent to an activating group) is 1. The number of carbonyl (C=O) groups excluding carboxylic acids is 1. The summed E-state index contributed by atoms with van der Waals surface area (Å²) in [6, 6.07) is 0.719. The van der Waals surface area contributed by atoms with Gasteiger partial charge in [-0.2, -0.15) is 0 Å². The molecule has 20 heteroatoms. The van der Waals surface area contributed by atoms with Gasteiger partial charge in [-0.15, -0.1) is 0 Å². The average molecular weight is 906 g/mol. The molecule has 0 aromatic heterocycles. The van der Waals surface area contributed by atoms with Gasteiger partial charge in [-0.05, 0) is 143 Å². The first-order chi connectivity index (χ1) is 22.7. The van der Waals surface area contributed by atoms with Crippen LogP contribution in [0.15, 0.2) is 12.2 Å². The van der Waals surface area contributed by atoms with E-state index in [-0.39, 0.29) is 5.97 Å². The molecule has 0 heterocycles. The average Bonchev–Trinajstić information content (AvgIpc) is 2.75. The molecule has 0 spiro atoms. The lowest BCUT2D eigenvalue weighted by Gasteiger charge is -2.48. The van der Waals surface area contributed by atoms with Crippen LogP contribution in [0.5, 0.6) is 0 Å². The van der Waals surface area contributed by atoms with Gasteiger partial charge in [0, 0.05) is 32.4 Å². The monoisotopic (exact) mass is 904 g/mol. The van der Waals surface area contributed by atoms with E-state index in [0.29, 0.717) is 18.7 Å². The van der Waals surface area contributed by atoms with E-state index in [1.165, 1.54) is 0 Å². The minimum absolute atomic E-state index is 0.309. The molecule has 0 aromatic rings. The van der Waals surface area contributed by atoms with E-state index in [2.05, 4.69) is 149 Å². The summed E-state index contributed by atoms with van der Waals surface area (Å²) >= 11 is 0. The second kappa shape index (κ2) is 20.2. The van der Waals surface area contributed by atoms with Crippen LogP contribution in [0.2, 0.25) is 148 Å². The van der Waals surface area contributed by atoms with E-state index in [9.17, 15) is 4.79 Å². The lowest BCUT2D eigenvalue weighted by molar-refractivity contribution is -0.139. The van der Waals surface area contributed by atoms with E-state index < -0.39 is 84.9 Å². The normalized spacial score (nSPS) is 16.6. The van der Waals surface area contributed by atoms with E-state index in [0.717, 1.165) is 30.3 Å². The van der Waals surface area contributed by atoms with Gasteiger partial charge in [-0.1, -0.05) is 26.2 Å². The zero-order valence-electron chi connectivity index (χ0n) is 37.8. The highest BCUT2D eigenvalue weighted by Crippen LogP contribution is 2.39. The topological polar surface area (TPSA) is 94.2 Å². The summed E-state index contributed by atoms with van der Waals surface area (Å²) < 4.78 is 56.1. The van der Waals surface area contributed by atoms with Gasteiger partial charge in [0.1, 0.15) is 6.61 Å². The van der Waals surface area contributed by atoms with Crippen LogP contribution in [0, 0.1) is 0 Å². The smallest absolute Gasteiger partial charge is 0.461 e. The second-order valence-corrected chi connectivity index (χ2v) is 63.2. The molecule has 0 amide bonds. The molecule has 0 aliphatic rings. The SMILES string of the molecule is C=C(C)C(=O)OCCN(C)CCC[Si](C[Si](C)(C[Si](C)(C)C)O[Si](C)(C)C)(O[Si](O[Si](C)(C)C)O[Si](C)(C)C)O[Si](C)(O[Si](C)(C)C)O[Si](C)(C)C. The minimum Gasteiger partial charge on any atom is -0.461 e. The molecule has 2 unspecified atom stereocenters. The number of hydrogen-bond donors (Lipinski definition) is 0. The molecular weight excluding hydrogens is 823 g/mol. The molecule has 0 fully saturated rings. The van der Waals surface area contributed by atoms with Gasteiger partial charge in [-0.3, -0.25) is 0 Å². The zero-order chi connectivity index (χ0) is 41.4. The van der Waals surface area contributed by atoms with Crippen LogP contribution in [0.4, 0.5) is 0 Å². The summed E-state index contributed by atoms with van der Waals surface area (Å²) in [4.78, 5) is 14.2. The van der Waals surface area contributed by atoms with Crippen LogP contribution < -0.4 is 0 Å². The highest BCUT2D eigenvalue weighted by molar-refractivity contribution is 7.03. The first-order valence-corrected chi connectivity index (χ1v) is 48.3. The number of hydrogen-bond acceptors (Lipinski definition) is 10. The van der Waals surface area contributed by atoms with Gasteiger partial charge in [0.2, 0.25) is 0 Å². The fourth-order valence-electron chi connectivity index (χ4n) is 6.22. The number of carbonyl (C=O) groups is 1. The van der Waals surface area contributed by atoms with Crippen molar-refractivity contribution >= 4 is 90.8 Å². The van der Waals surface area contributed by atoms with Gasteiger partial charge in [0.05, 0.1) is 0 Å². The predicted octanol–water partition coefficient (Wildman–Crippen LogP) is 9.71. The van der Waals surface area contributed by atoms with Gasteiger partial charge in [0.25, 0.3) is 0 Å². The van der Waals surface area contributed by atoms with Crippen molar-refractivity contribution in [3.63, 3.8) is 0 Å². The van der Waals surface area contributed by atoms with Crippen molar-refractivity contribution < 1.29 is 38.3 Å². The molecule has 309 valence electrons. The summed E-state index contributed by atoms with van der Waals surface area (Å²) in [5, 5.41) is 0. The van der Waals surface area contributed by atoms with Crippen molar-refractivity contribution in [2.45, 2.75) is 162 Å². The number of rotatable bonds is 26. The third-order valence-corrected chi connectivity index (χ3v) is 43.8. The summed E-state index contributed by atoms with van der Waals surface area (Å²) in [5.74, 6) is -0.357. The number of ether oxygens (including phenoxy) is 1. The fraction of sp³-hybridized carbons (Fsp3) is 0.906. The van der Waals surface area contributed by atoms with Gasteiger partial charge in [-0.25, -0.2) is 4.79 Å². The highest BCUT2D eigenvalue weighted by Gasteiger charge is 2.58. The van der Waals surface area contributed by atoms with Crippen molar-refractivity contribution in [3.8, 4) is 0 Å². The van der Waals surface area contributed by atoms with Crippen LogP contribution in [0.1, 0.15) is 13.3 Å². The molecule has 0 aromatic carbocycles. The lowest BCUT2D eigenvalue weighted by Crippen LogP contribution is -2.66. The largest absolute Gasteiger partial charge is 0.545 e. The molecule has 1 radical (unpaired) electrons. The first kappa shape index (κ1) is 53.1. The molecule has 0 saturated carbocycles. The Hall–Kier alpha value is 1.06. The molecule has 0 saturated heterocycles. The Morgan fingerprint density at radius 3 is 1.40 bits per heavy atom. The molecule has 10 nitrogen and oxygen atoms in total. The molecular formula is C32H82NO9Si10. The van der Waals surface area contributed by atoms with E-state index in [1.54, 1.807) is 6.92 Å². The highest BCUT2D eigenvalue weighted by atomic mass is 28.5. The Balaban J connectivity index is 7.57. The minimum atomic E-state index is -3.31. The maximum absolute atomic E-state index is 12.0. The molecule has 0 aliphatic heterocycles. The Morgan fingerprint density at radius 1 is 0.596 bits per heavy atom. The summed E-state index contributed by atoms with van der Waals surface area (Å²) in [7, 11) is -21.2. The maximum Gasteiger partial charge on any atom is 0.545 e. The van der Waals surface area contributed by atoms with Crippen LogP contribution in [-0.4, -0.2) is 122 Å². The summed E-state index contributed by atoms with van der Waals surface area (Å²) in [6.07, 6.45) is 0.820. The van der Waals surface area contributed by atoms with Gasteiger partial charge in [0.15, 0.2) is 49.9 Å². The van der Waals surface area contributed by atoms with Crippen molar-refractivity contribution in [2.75, 3.05) is 26.7 Å². The van der Waals surface area contributed by atoms with Crippen LogP contribution in [-0.2, 0) is 38.3 Å². The van der Waals surface area contributed by atoms with Crippen LogP contribution >= 0.6 is 0 Å². The molecule has 2 atom stereocenters. The van der Waals surface area contributed by atoms with E-state index in [1.807, 2.05) is 0 Å². The quantitative estimate of drug-likeness (QED) is 0.0475. The van der Waals surface area contributed by atoms with Gasteiger partial charge >= 0.3 is 32.9 Å². The zero-order valence-corrected chi connectivity index (χ0v) is 47.8. The van der Waals surface area contributed by atoms with Gasteiger partial charge < -0.3 is 38.4 Å². The standard InChI is InChI=1S/C32H82NO9Si10/c1-31(2)32(34)35-27-26-33(3)25-24-28-52(38-43(36-45(7,8)9)37-46(10,11)12,30-50(22,29-44(4,5)6)39-47(13,14)15)42-51(23,40-48(16,17)18)41-49(19,20)21/h1,24-30H2,2-23H3. The lowest BCUT2D eigenvalue weighted by atomic mass is 10.4. The number of esters is 1. The van der Waals surface area contributed by atoms with Crippen molar-refractivity contribution in [2.24, 2.45) is 0 Å². The Morgan fingerprint density at radius 2 is 1.04 bits per heavy atom. The fourth-order valence-corrected chi connectivity index (χ4v) is 53.9. The Kier molecular flexibility index (Phi) is 20.6. The third kappa shape index (κ3) is 26.8. The predicted molar refractivity (Wildman–Crippen MR) is 245 cm³/mol. The van der Waals surface area contributed by atoms with Crippen molar-refractivity contribution in [3.05, 3.63) is 12.2 Å². The molecule has 52 heavy (non-hydrogen) atoms. The maximum atomic E-state index is 12.0.